The zero-order valence-corrected chi connectivity index (χ0v) is 9.32. The van der Waals surface area contributed by atoms with E-state index in [9.17, 15) is 18.3 Å². The molecule has 0 radical (unpaired) electrons. The number of hydrogen-bond acceptors (Lipinski definition) is 2. The molecule has 0 aliphatic heterocycles. The second-order valence-electron chi connectivity index (χ2n) is 4.54. The van der Waals surface area contributed by atoms with E-state index in [1.807, 2.05) is 0 Å². The van der Waals surface area contributed by atoms with Crippen molar-refractivity contribution in [1.82, 2.24) is 9.78 Å². The van der Waals surface area contributed by atoms with Gasteiger partial charge in [-0.25, -0.2) is 0 Å². The number of aliphatic hydroxyl groups excluding tert-OH is 1. The Labute approximate surface area is 97.2 Å². The van der Waals surface area contributed by atoms with Crippen molar-refractivity contribution in [3.63, 3.8) is 0 Å². The number of hydrogen-bond donors (Lipinski definition) is 1. The van der Waals surface area contributed by atoms with Gasteiger partial charge >= 0.3 is 6.18 Å². The highest BCUT2D eigenvalue weighted by molar-refractivity contribution is 5.08. The molecule has 2 unspecified atom stereocenters. The SMILES string of the molecule is OC1CCCC1CCn1cc(C(F)(F)F)cn1. The number of rotatable bonds is 3. The highest BCUT2D eigenvalue weighted by Gasteiger charge is 2.32. The summed E-state index contributed by atoms with van der Waals surface area (Å²) in [6, 6.07) is 0. The van der Waals surface area contributed by atoms with Gasteiger partial charge in [0.2, 0.25) is 0 Å². The monoisotopic (exact) mass is 248 g/mol. The van der Waals surface area contributed by atoms with Crippen molar-refractivity contribution in [2.45, 2.75) is 44.5 Å². The summed E-state index contributed by atoms with van der Waals surface area (Å²) in [4.78, 5) is 0. The minimum atomic E-state index is -4.33. The maximum atomic E-state index is 12.3. The van der Waals surface area contributed by atoms with Gasteiger partial charge in [-0.05, 0) is 25.2 Å². The molecule has 1 N–H and O–H groups in total. The smallest absolute Gasteiger partial charge is 0.393 e. The van der Waals surface area contributed by atoms with Crippen LogP contribution in [0.25, 0.3) is 0 Å². The summed E-state index contributed by atoms with van der Waals surface area (Å²) in [6.07, 6.45) is 0.662. The number of aromatic nitrogens is 2. The zero-order chi connectivity index (χ0) is 12.5. The van der Waals surface area contributed by atoms with Gasteiger partial charge in [0, 0.05) is 12.7 Å². The van der Waals surface area contributed by atoms with Gasteiger partial charge in [0.25, 0.3) is 0 Å². The van der Waals surface area contributed by atoms with Crippen molar-refractivity contribution in [3.05, 3.63) is 18.0 Å². The molecule has 0 aromatic carbocycles. The van der Waals surface area contributed by atoms with Gasteiger partial charge in [-0.2, -0.15) is 18.3 Å². The first-order valence-electron chi connectivity index (χ1n) is 5.74. The first-order chi connectivity index (χ1) is 7.97. The van der Waals surface area contributed by atoms with Gasteiger partial charge in [-0.15, -0.1) is 0 Å². The first kappa shape index (κ1) is 12.4. The molecule has 3 nitrogen and oxygen atoms in total. The molecule has 1 fully saturated rings. The van der Waals surface area contributed by atoms with Crippen molar-refractivity contribution >= 4 is 0 Å². The van der Waals surface area contributed by atoms with Gasteiger partial charge in [-0.3, -0.25) is 4.68 Å². The summed E-state index contributed by atoms with van der Waals surface area (Å²) in [5.74, 6) is 0.202. The van der Waals surface area contributed by atoms with Gasteiger partial charge in [-0.1, -0.05) is 6.42 Å². The minimum absolute atomic E-state index is 0.202. The molecule has 1 aliphatic rings. The summed E-state index contributed by atoms with van der Waals surface area (Å²) in [5, 5.41) is 13.3. The van der Waals surface area contributed by atoms with E-state index in [4.69, 9.17) is 0 Å². The lowest BCUT2D eigenvalue weighted by molar-refractivity contribution is -0.137. The standard InChI is InChI=1S/C11H15F3N2O/c12-11(13,14)9-6-15-16(7-9)5-4-8-2-1-3-10(8)17/h6-8,10,17H,1-5H2. The van der Waals surface area contributed by atoms with Crippen LogP contribution in [0, 0.1) is 5.92 Å². The van der Waals surface area contributed by atoms with Crippen LogP contribution < -0.4 is 0 Å². The van der Waals surface area contributed by atoms with E-state index in [1.165, 1.54) is 4.68 Å². The zero-order valence-electron chi connectivity index (χ0n) is 9.32. The topological polar surface area (TPSA) is 38.0 Å². The third kappa shape index (κ3) is 3.00. The van der Waals surface area contributed by atoms with Gasteiger partial charge in [0.1, 0.15) is 0 Å². The van der Waals surface area contributed by atoms with E-state index in [-0.39, 0.29) is 12.0 Å². The lowest BCUT2D eigenvalue weighted by Gasteiger charge is -2.13. The molecule has 96 valence electrons. The van der Waals surface area contributed by atoms with Crippen LogP contribution >= 0.6 is 0 Å². The summed E-state index contributed by atoms with van der Waals surface area (Å²) < 4.78 is 38.2. The average molecular weight is 248 g/mol. The Morgan fingerprint density at radius 1 is 1.41 bits per heavy atom. The van der Waals surface area contributed by atoms with Crippen LogP contribution in [0.3, 0.4) is 0 Å². The molecule has 1 saturated carbocycles. The summed E-state index contributed by atoms with van der Waals surface area (Å²) in [7, 11) is 0. The number of nitrogens with zero attached hydrogens (tertiary/aromatic N) is 2. The Morgan fingerprint density at radius 2 is 2.18 bits per heavy atom. The Balaban J connectivity index is 1.89. The molecule has 1 aromatic rings. The fourth-order valence-electron chi connectivity index (χ4n) is 2.28. The molecule has 0 saturated heterocycles. The largest absolute Gasteiger partial charge is 0.419 e. The van der Waals surface area contributed by atoms with Crippen molar-refractivity contribution < 1.29 is 18.3 Å². The lowest BCUT2D eigenvalue weighted by atomic mass is 10.0. The molecule has 2 atom stereocenters. The van der Waals surface area contributed by atoms with Gasteiger partial charge in [0.05, 0.1) is 17.9 Å². The van der Waals surface area contributed by atoms with E-state index >= 15 is 0 Å². The molecule has 0 spiro atoms. The maximum Gasteiger partial charge on any atom is 0.419 e. The summed E-state index contributed by atoms with van der Waals surface area (Å²) >= 11 is 0. The Hall–Kier alpha value is -1.04. The third-order valence-electron chi connectivity index (χ3n) is 3.31. The van der Waals surface area contributed by atoms with Crippen LogP contribution in [0.5, 0.6) is 0 Å². The Kier molecular flexibility index (Phi) is 3.42. The fourth-order valence-corrected chi connectivity index (χ4v) is 2.28. The van der Waals surface area contributed by atoms with E-state index in [1.54, 1.807) is 0 Å². The number of halogens is 3. The molecule has 1 heterocycles. The molecule has 2 rings (SSSR count). The fraction of sp³-hybridized carbons (Fsp3) is 0.727. The van der Waals surface area contributed by atoms with E-state index in [0.717, 1.165) is 31.7 Å². The molecule has 0 amide bonds. The van der Waals surface area contributed by atoms with Crippen LogP contribution in [0.2, 0.25) is 0 Å². The molecule has 6 heteroatoms. The Morgan fingerprint density at radius 3 is 2.71 bits per heavy atom. The van der Waals surface area contributed by atoms with Crippen molar-refractivity contribution in [2.24, 2.45) is 5.92 Å². The van der Waals surface area contributed by atoms with Crippen LogP contribution in [0.1, 0.15) is 31.2 Å². The number of aryl methyl sites for hydroxylation is 1. The highest BCUT2D eigenvalue weighted by Crippen LogP contribution is 2.30. The average Bonchev–Trinajstić information content (AvgIpc) is 2.82. The van der Waals surface area contributed by atoms with Crippen molar-refractivity contribution in [3.8, 4) is 0 Å². The highest BCUT2D eigenvalue weighted by atomic mass is 19.4. The summed E-state index contributed by atoms with van der Waals surface area (Å²) in [5.41, 5.74) is -0.718. The maximum absolute atomic E-state index is 12.3. The number of aliphatic hydroxyl groups is 1. The minimum Gasteiger partial charge on any atom is -0.393 e. The summed E-state index contributed by atoms with van der Waals surface area (Å²) in [6.45, 7) is 0.428. The quantitative estimate of drug-likeness (QED) is 0.892. The number of alkyl halides is 3. The molecular weight excluding hydrogens is 233 g/mol. The van der Waals surface area contributed by atoms with Crippen molar-refractivity contribution in [2.75, 3.05) is 0 Å². The van der Waals surface area contributed by atoms with Crippen LogP contribution in [-0.2, 0) is 12.7 Å². The van der Waals surface area contributed by atoms with Crippen molar-refractivity contribution in [1.29, 1.82) is 0 Å². The van der Waals surface area contributed by atoms with E-state index in [2.05, 4.69) is 5.10 Å². The van der Waals surface area contributed by atoms with Gasteiger partial charge < -0.3 is 5.11 Å². The van der Waals surface area contributed by atoms with E-state index in [0.29, 0.717) is 13.0 Å². The molecule has 17 heavy (non-hydrogen) atoms. The molecule has 1 aromatic heterocycles. The van der Waals surface area contributed by atoms with Crippen LogP contribution in [-0.4, -0.2) is 21.0 Å². The lowest BCUT2D eigenvalue weighted by Crippen LogP contribution is -2.15. The second kappa shape index (κ2) is 4.68. The van der Waals surface area contributed by atoms with Crippen LogP contribution in [0.15, 0.2) is 12.4 Å². The predicted octanol–water partition coefficient (Wildman–Crippen LogP) is 2.45. The second-order valence-corrected chi connectivity index (χ2v) is 4.54. The van der Waals surface area contributed by atoms with Crippen LogP contribution in [0.4, 0.5) is 13.2 Å². The first-order valence-corrected chi connectivity index (χ1v) is 5.74. The molecular formula is C11H15F3N2O. The predicted molar refractivity (Wildman–Crippen MR) is 55.2 cm³/mol. The Bertz CT molecular complexity index is 375. The molecule has 1 aliphatic carbocycles. The van der Waals surface area contributed by atoms with Gasteiger partial charge in [0.15, 0.2) is 0 Å². The van der Waals surface area contributed by atoms with E-state index < -0.39 is 11.7 Å². The normalized spacial score (nSPS) is 25.4. The molecule has 0 bridgehead atoms. The third-order valence-corrected chi connectivity index (χ3v) is 3.31.